The molecule has 3 rings (SSSR count). The van der Waals surface area contributed by atoms with Gasteiger partial charge in [0.25, 0.3) is 0 Å². The predicted octanol–water partition coefficient (Wildman–Crippen LogP) is 3.75. The third-order valence-corrected chi connectivity index (χ3v) is 5.26. The Morgan fingerprint density at radius 3 is 2.91 bits per heavy atom. The van der Waals surface area contributed by atoms with E-state index in [2.05, 4.69) is 38.3 Å². The van der Waals surface area contributed by atoms with Gasteiger partial charge in [-0.1, -0.05) is 19.8 Å². The van der Waals surface area contributed by atoms with Crippen molar-refractivity contribution in [3.05, 3.63) is 23.1 Å². The summed E-state index contributed by atoms with van der Waals surface area (Å²) in [4.78, 5) is 4.51. The molecule has 2 aromatic rings. The maximum absolute atomic E-state index is 5.46. The van der Waals surface area contributed by atoms with Crippen LogP contribution in [0.3, 0.4) is 0 Å². The van der Waals surface area contributed by atoms with Gasteiger partial charge in [-0.25, -0.2) is 9.50 Å². The highest BCUT2D eigenvalue weighted by atomic mass is 79.9. The van der Waals surface area contributed by atoms with Crippen LogP contribution in [0.4, 0.5) is 5.82 Å². The van der Waals surface area contributed by atoms with E-state index in [-0.39, 0.29) is 6.04 Å². The summed E-state index contributed by atoms with van der Waals surface area (Å²) in [6, 6.07) is 0.290. The fourth-order valence-corrected chi connectivity index (χ4v) is 3.81. The zero-order chi connectivity index (χ0) is 15.5. The quantitative estimate of drug-likeness (QED) is 0.875. The molecule has 1 fully saturated rings. The SMILES string of the molecule is COCC(Nc1nccn2ncc(Br)c12)C1CCC(C)CC1. The molecule has 0 amide bonds. The van der Waals surface area contributed by atoms with E-state index in [1.807, 2.05) is 10.7 Å². The van der Waals surface area contributed by atoms with Gasteiger partial charge in [0, 0.05) is 19.5 Å². The van der Waals surface area contributed by atoms with Crippen molar-refractivity contribution < 1.29 is 4.74 Å². The van der Waals surface area contributed by atoms with E-state index >= 15 is 0 Å². The minimum absolute atomic E-state index is 0.290. The van der Waals surface area contributed by atoms with Gasteiger partial charge >= 0.3 is 0 Å². The standard InChI is InChI=1S/C16H23BrN4O/c1-11-3-5-12(6-4-11)14(10-22-2)20-16-15-13(17)9-19-21(15)8-7-18-16/h7-9,11-12,14H,3-6,10H2,1-2H3,(H,18,20). The summed E-state index contributed by atoms with van der Waals surface area (Å²) in [7, 11) is 1.77. The Labute approximate surface area is 139 Å². The molecule has 1 aliphatic carbocycles. The Morgan fingerprint density at radius 1 is 1.41 bits per heavy atom. The lowest BCUT2D eigenvalue weighted by atomic mass is 9.79. The van der Waals surface area contributed by atoms with Gasteiger partial charge < -0.3 is 10.1 Å². The molecule has 1 N–H and O–H groups in total. The van der Waals surface area contributed by atoms with Crippen LogP contribution >= 0.6 is 15.9 Å². The highest BCUT2D eigenvalue weighted by molar-refractivity contribution is 9.10. The van der Waals surface area contributed by atoms with E-state index in [0.29, 0.717) is 12.5 Å². The first-order valence-electron chi connectivity index (χ1n) is 7.92. The van der Waals surface area contributed by atoms with Crippen LogP contribution < -0.4 is 5.32 Å². The number of nitrogens with one attached hydrogen (secondary N) is 1. The van der Waals surface area contributed by atoms with E-state index in [9.17, 15) is 0 Å². The number of hydrogen-bond acceptors (Lipinski definition) is 4. The Kier molecular flexibility index (Phi) is 4.98. The molecule has 2 aromatic heterocycles. The lowest BCUT2D eigenvalue weighted by Crippen LogP contribution is -2.36. The number of aromatic nitrogens is 3. The van der Waals surface area contributed by atoms with Crippen molar-refractivity contribution in [3.63, 3.8) is 0 Å². The van der Waals surface area contributed by atoms with Crippen molar-refractivity contribution >= 4 is 27.3 Å². The Hall–Kier alpha value is -1.14. The summed E-state index contributed by atoms with van der Waals surface area (Å²) in [6.45, 7) is 3.05. The molecule has 120 valence electrons. The number of ether oxygens (including phenoxy) is 1. The average Bonchev–Trinajstić information content (AvgIpc) is 2.90. The molecule has 2 heterocycles. The second-order valence-corrected chi connectivity index (χ2v) is 7.14. The number of methoxy groups -OCH3 is 1. The van der Waals surface area contributed by atoms with Gasteiger partial charge in [-0.3, -0.25) is 0 Å². The molecule has 1 atom stereocenters. The van der Waals surface area contributed by atoms with Gasteiger partial charge in [0.1, 0.15) is 5.52 Å². The number of hydrogen-bond donors (Lipinski definition) is 1. The Balaban J connectivity index is 1.81. The fourth-order valence-electron chi connectivity index (χ4n) is 3.35. The lowest BCUT2D eigenvalue weighted by Gasteiger charge is -2.33. The topological polar surface area (TPSA) is 51.5 Å². The van der Waals surface area contributed by atoms with Gasteiger partial charge in [0.15, 0.2) is 5.82 Å². The first kappa shape index (κ1) is 15.7. The molecule has 1 unspecified atom stereocenters. The number of rotatable bonds is 5. The second kappa shape index (κ2) is 6.96. The first-order valence-corrected chi connectivity index (χ1v) is 8.71. The van der Waals surface area contributed by atoms with Gasteiger partial charge in [-0.15, -0.1) is 0 Å². The summed E-state index contributed by atoms with van der Waals surface area (Å²) >= 11 is 3.56. The zero-order valence-corrected chi connectivity index (χ0v) is 14.7. The molecule has 0 bridgehead atoms. The fraction of sp³-hybridized carbons (Fsp3) is 0.625. The van der Waals surface area contributed by atoms with Crippen LogP contribution in [0.25, 0.3) is 5.52 Å². The van der Waals surface area contributed by atoms with Crippen LogP contribution in [0.5, 0.6) is 0 Å². The second-order valence-electron chi connectivity index (χ2n) is 6.29. The third-order valence-electron chi connectivity index (χ3n) is 4.68. The highest BCUT2D eigenvalue weighted by Gasteiger charge is 2.27. The number of halogens is 1. The van der Waals surface area contributed by atoms with Gasteiger partial charge in [0.2, 0.25) is 0 Å². The largest absolute Gasteiger partial charge is 0.383 e. The van der Waals surface area contributed by atoms with E-state index in [4.69, 9.17) is 4.74 Å². The van der Waals surface area contributed by atoms with E-state index < -0.39 is 0 Å². The zero-order valence-electron chi connectivity index (χ0n) is 13.1. The Morgan fingerprint density at radius 2 is 2.18 bits per heavy atom. The maximum atomic E-state index is 5.46. The maximum Gasteiger partial charge on any atom is 0.153 e. The Bertz CT molecular complexity index is 622. The first-order chi connectivity index (χ1) is 10.7. The van der Waals surface area contributed by atoms with Crippen molar-refractivity contribution in [1.29, 1.82) is 0 Å². The van der Waals surface area contributed by atoms with E-state index in [1.54, 1.807) is 19.5 Å². The number of nitrogens with zero attached hydrogens (tertiary/aromatic N) is 3. The van der Waals surface area contributed by atoms with Crippen molar-refractivity contribution in [2.24, 2.45) is 11.8 Å². The summed E-state index contributed by atoms with van der Waals surface area (Å²) in [5.41, 5.74) is 0.979. The van der Waals surface area contributed by atoms with Gasteiger partial charge in [0.05, 0.1) is 23.3 Å². The van der Waals surface area contributed by atoms with Crippen LogP contribution in [0.15, 0.2) is 23.1 Å². The van der Waals surface area contributed by atoms with Crippen molar-refractivity contribution in [3.8, 4) is 0 Å². The minimum Gasteiger partial charge on any atom is -0.383 e. The van der Waals surface area contributed by atoms with Crippen LogP contribution in [-0.4, -0.2) is 34.4 Å². The molecule has 22 heavy (non-hydrogen) atoms. The van der Waals surface area contributed by atoms with Crippen molar-refractivity contribution in [2.45, 2.75) is 38.6 Å². The van der Waals surface area contributed by atoms with Crippen molar-refractivity contribution in [2.75, 3.05) is 19.0 Å². The van der Waals surface area contributed by atoms with Crippen LogP contribution in [0.2, 0.25) is 0 Å². The molecule has 1 aliphatic rings. The normalized spacial score (nSPS) is 23.6. The number of fused-ring (bicyclic) bond motifs is 1. The van der Waals surface area contributed by atoms with Gasteiger partial charge in [-0.05, 0) is 40.6 Å². The van der Waals surface area contributed by atoms with Gasteiger partial charge in [-0.2, -0.15) is 5.10 Å². The molecule has 0 radical (unpaired) electrons. The average molecular weight is 367 g/mol. The van der Waals surface area contributed by atoms with E-state index in [0.717, 1.165) is 21.7 Å². The lowest BCUT2D eigenvalue weighted by molar-refractivity contribution is 0.144. The summed E-state index contributed by atoms with van der Waals surface area (Å²) in [5.74, 6) is 2.36. The molecular weight excluding hydrogens is 344 g/mol. The molecule has 6 heteroatoms. The van der Waals surface area contributed by atoms with Crippen LogP contribution in [-0.2, 0) is 4.74 Å². The molecular formula is C16H23BrN4O. The minimum atomic E-state index is 0.290. The van der Waals surface area contributed by atoms with Crippen LogP contribution in [0.1, 0.15) is 32.6 Å². The van der Waals surface area contributed by atoms with Crippen LogP contribution in [0, 0.1) is 11.8 Å². The molecule has 0 saturated heterocycles. The van der Waals surface area contributed by atoms with Crippen molar-refractivity contribution in [1.82, 2.24) is 14.6 Å². The smallest absolute Gasteiger partial charge is 0.153 e. The highest BCUT2D eigenvalue weighted by Crippen LogP contribution is 2.32. The summed E-state index contributed by atoms with van der Waals surface area (Å²) in [6.07, 6.45) is 10.6. The summed E-state index contributed by atoms with van der Waals surface area (Å²) in [5, 5.41) is 7.92. The van der Waals surface area contributed by atoms with E-state index in [1.165, 1.54) is 25.7 Å². The molecule has 0 aromatic carbocycles. The third kappa shape index (κ3) is 3.27. The molecule has 0 spiro atoms. The molecule has 1 saturated carbocycles. The molecule has 0 aliphatic heterocycles. The summed E-state index contributed by atoms with van der Waals surface area (Å²) < 4.78 is 8.25. The molecule has 5 nitrogen and oxygen atoms in total. The predicted molar refractivity (Wildman–Crippen MR) is 91.1 cm³/mol. The number of anilines is 1. The monoisotopic (exact) mass is 366 g/mol.